The number of nitrogens with zero attached hydrogens (tertiary/aromatic N) is 1. The molecule has 1 aliphatic heterocycles. The van der Waals surface area contributed by atoms with Gasteiger partial charge in [-0.25, -0.2) is 0 Å². The molecule has 3 rings (SSSR count). The SMILES string of the molecule is CC(C)[C@H](NC(=O)[C@H](C)N)C(=O)N1CC(Oc2ccccc2)C[C@H]1COc1ccccc1. The number of ether oxygens (including phenoxy) is 2. The number of carbonyl (C=O) groups is 2. The molecule has 32 heavy (non-hydrogen) atoms. The molecule has 7 heteroatoms. The molecule has 4 atom stereocenters. The Balaban J connectivity index is 1.75. The molecule has 7 nitrogen and oxygen atoms in total. The summed E-state index contributed by atoms with van der Waals surface area (Å²) in [6.45, 7) is 6.19. The van der Waals surface area contributed by atoms with Gasteiger partial charge < -0.3 is 25.4 Å². The highest BCUT2D eigenvalue weighted by Gasteiger charge is 2.40. The molecule has 1 unspecified atom stereocenters. The van der Waals surface area contributed by atoms with Crippen LogP contribution in [0, 0.1) is 5.92 Å². The second-order valence-electron chi connectivity index (χ2n) is 8.58. The lowest BCUT2D eigenvalue weighted by Crippen LogP contribution is -2.55. The third-order valence-electron chi connectivity index (χ3n) is 5.53. The van der Waals surface area contributed by atoms with Gasteiger partial charge in [0.2, 0.25) is 11.8 Å². The van der Waals surface area contributed by atoms with Crippen molar-refractivity contribution in [2.75, 3.05) is 13.2 Å². The molecule has 0 aromatic heterocycles. The maximum absolute atomic E-state index is 13.5. The Morgan fingerprint density at radius 1 is 1.03 bits per heavy atom. The topological polar surface area (TPSA) is 93.9 Å². The zero-order chi connectivity index (χ0) is 23.1. The third-order valence-corrected chi connectivity index (χ3v) is 5.53. The fourth-order valence-electron chi connectivity index (χ4n) is 3.76. The number of carbonyl (C=O) groups excluding carboxylic acids is 2. The maximum Gasteiger partial charge on any atom is 0.245 e. The van der Waals surface area contributed by atoms with Gasteiger partial charge in [-0.3, -0.25) is 9.59 Å². The van der Waals surface area contributed by atoms with Gasteiger partial charge in [0.25, 0.3) is 0 Å². The number of nitrogens with two attached hydrogens (primary N) is 1. The van der Waals surface area contributed by atoms with Crippen molar-refractivity contribution >= 4 is 11.8 Å². The van der Waals surface area contributed by atoms with E-state index in [1.54, 1.807) is 11.8 Å². The first-order valence-corrected chi connectivity index (χ1v) is 11.1. The van der Waals surface area contributed by atoms with E-state index in [0.29, 0.717) is 19.6 Å². The van der Waals surface area contributed by atoms with E-state index in [4.69, 9.17) is 15.2 Å². The molecule has 0 spiro atoms. The summed E-state index contributed by atoms with van der Waals surface area (Å²) in [5, 5.41) is 2.81. The summed E-state index contributed by atoms with van der Waals surface area (Å²) in [5.74, 6) is 0.938. The van der Waals surface area contributed by atoms with E-state index in [1.165, 1.54) is 0 Å². The largest absolute Gasteiger partial charge is 0.491 e. The second-order valence-corrected chi connectivity index (χ2v) is 8.58. The smallest absolute Gasteiger partial charge is 0.245 e. The van der Waals surface area contributed by atoms with E-state index in [1.807, 2.05) is 74.5 Å². The van der Waals surface area contributed by atoms with Crippen LogP contribution in [0.2, 0.25) is 0 Å². The molecule has 2 amide bonds. The minimum absolute atomic E-state index is 0.0880. The highest BCUT2D eigenvalue weighted by atomic mass is 16.5. The van der Waals surface area contributed by atoms with Crippen LogP contribution in [-0.2, 0) is 9.59 Å². The van der Waals surface area contributed by atoms with Crippen LogP contribution in [0.3, 0.4) is 0 Å². The molecule has 1 saturated heterocycles. The van der Waals surface area contributed by atoms with Crippen molar-refractivity contribution in [1.29, 1.82) is 0 Å². The van der Waals surface area contributed by atoms with Crippen LogP contribution in [0.15, 0.2) is 60.7 Å². The molecule has 0 radical (unpaired) electrons. The fourth-order valence-corrected chi connectivity index (χ4v) is 3.76. The molecule has 1 heterocycles. The highest BCUT2D eigenvalue weighted by Crippen LogP contribution is 2.26. The zero-order valence-electron chi connectivity index (χ0n) is 18.9. The molecule has 1 aliphatic rings. The Bertz CT molecular complexity index is 873. The number of hydrogen-bond acceptors (Lipinski definition) is 5. The van der Waals surface area contributed by atoms with E-state index < -0.39 is 12.1 Å². The number of benzene rings is 2. The summed E-state index contributed by atoms with van der Waals surface area (Å²) < 4.78 is 12.1. The van der Waals surface area contributed by atoms with Crippen molar-refractivity contribution in [3.63, 3.8) is 0 Å². The fraction of sp³-hybridized carbons (Fsp3) is 0.440. The number of likely N-dealkylation sites (tertiary alicyclic amines) is 1. The van der Waals surface area contributed by atoms with Crippen LogP contribution in [0.5, 0.6) is 11.5 Å². The van der Waals surface area contributed by atoms with Gasteiger partial charge in [0.15, 0.2) is 0 Å². The van der Waals surface area contributed by atoms with E-state index >= 15 is 0 Å². The normalized spacial score (nSPS) is 20.0. The van der Waals surface area contributed by atoms with Crippen LogP contribution in [-0.4, -0.2) is 54.1 Å². The molecule has 3 N–H and O–H groups in total. The lowest BCUT2D eigenvalue weighted by atomic mass is 10.0. The van der Waals surface area contributed by atoms with E-state index in [-0.39, 0.29) is 29.9 Å². The van der Waals surface area contributed by atoms with Crippen LogP contribution >= 0.6 is 0 Å². The lowest BCUT2D eigenvalue weighted by Gasteiger charge is -2.31. The Hall–Kier alpha value is -3.06. The highest BCUT2D eigenvalue weighted by molar-refractivity contribution is 5.90. The predicted molar refractivity (Wildman–Crippen MR) is 123 cm³/mol. The number of para-hydroxylation sites is 2. The molecule has 1 fully saturated rings. The Morgan fingerprint density at radius 3 is 2.19 bits per heavy atom. The minimum Gasteiger partial charge on any atom is -0.491 e. The van der Waals surface area contributed by atoms with Gasteiger partial charge >= 0.3 is 0 Å². The monoisotopic (exact) mass is 439 g/mol. The van der Waals surface area contributed by atoms with Gasteiger partial charge in [-0.1, -0.05) is 50.2 Å². The van der Waals surface area contributed by atoms with Crippen LogP contribution in [0.1, 0.15) is 27.2 Å². The van der Waals surface area contributed by atoms with Crippen LogP contribution < -0.4 is 20.5 Å². The predicted octanol–water partition coefficient (Wildman–Crippen LogP) is 2.60. The first-order valence-electron chi connectivity index (χ1n) is 11.1. The number of nitrogens with one attached hydrogen (secondary N) is 1. The molecule has 0 bridgehead atoms. The summed E-state index contributed by atoms with van der Waals surface area (Å²) in [7, 11) is 0. The number of rotatable bonds is 9. The molecule has 2 aromatic rings. The standard InChI is InChI=1S/C25H33N3O4/c1-17(2)23(27-24(29)18(3)26)25(30)28-15-22(32-21-12-8-5-9-13-21)14-19(28)16-31-20-10-6-4-7-11-20/h4-13,17-19,22-23H,14-16,26H2,1-3H3,(H,27,29)/t18-,19-,22?,23-/m0/s1. The summed E-state index contributed by atoms with van der Waals surface area (Å²) >= 11 is 0. The van der Waals surface area contributed by atoms with E-state index in [0.717, 1.165) is 11.5 Å². The molecular formula is C25H33N3O4. The van der Waals surface area contributed by atoms with Crippen molar-refractivity contribution < 1.29 is 19.1 Å². The first-order chi connectivity index (χ1) is 15.3. The number of hydrogen-bond donors (Lipinski definition) is 2. The van der Waals surface area contributed by atoms with Gasteiger partial charge in [-0.05, 0) is 37.1 Å². The summed E-state index contributed by atoms with van der Waals surface area (Å²) in [6.07, 6.45) is 0.474. The molecule has 0 saturated carbocycles. The Kier molecular flexibility index (Phi) is 8.11. The van der Waals surface area contributed by atoms with E-state index in [2.05, 4.69) is 5.32 Å². The molecule has 2 aromatic carbocycles. The van der Waals surface area contributed by atoms with Gasteiger partial charge in [0, 0.05) is 6.42 Å². The van der Waals surface area contributed by atoms with Gasteiger partial charge in [0.05, 0.1) is 18.6 Å². The van der Waals surface area contributed by atoms with Gasteiger partial charge in [0.1, 0.15) is 30.3 Å². The van der Waals surface area contributed by atoms with Gasteiger partial charge in [-0.2, -0.15) is 0 Å². The maximum atomic E-state index is 13.5. The zero-order valence-corrected chi connectivity index (χ0v) is 18.9. The van der Waals surface area contributed by atoms with Crippen molar-refractivity contribution in [2.45, 2.75) is 51.4 Å². The minimum atomic E-state index is -0.686. The van der Waals surface area contributed by atoms with E-state index in [9.17, 15) is 9.59 Å². The Morgan fingerprint density at radius 2 is 1.62 bits per heavy atom. The van der Waals surface area contributed by atoms with Crippen molar-refractivity contribution in [3.05, 3.63) is 60.7 Å². The molecular weight excluding hydrogens is 406 g/mol. The van der Waals surface area contributed by atoms with Crippen molar-refractivity contribution in [3.8, 4) is 11.5 Å². The van der Waals surface area contributed by atoms with Crippen LogP contribution in [0.4, 0.5) is 0 Å². The summed E-state index contributed by atoms with van der Waals surface area (Å²) in [5.41, 5.74) is 5.71. The number of amides is 2. The second kappa shape index (κ2) is 11.0. The summed E-state index contributed by atoms with van der Waals surface area (Å²) in [4.78, 5) is 27.5. The average molecular weight is 440 g/mol. The first kappa shape index (κ1) is 23.6. The molecule has 0 aliphatic carbocycles. The quantitative estimate of drug-likeness (QED) is 0.626. The van der Waals surface area contributed by atoms with Crippen molar-refractivity contribution in [2.24, 2.45) is 11.7 Å². The van der Waals surface area contributed by atoms with Crippen molar-refractivity contribution in [1.82, 2.24) is 10.2 Å². The average Bonchev–Trinajstić information content (AvgIpc) is 3.19. The summed E-state index contributed by atoms with van der Waals surface area (Å²) in [6, 6.07) is 17.6. The molecule has 172 valence electrons. The van der Waals surface area contributed by atoms with Crippen LogP contribution in [0.25, 0.3) is 0 Å². The lowest BCUT2D eigenvalue weighted by molar-refractivity contribution is -0.139. The van der Waals surface area contributed by atoms with Gasteiger partial charge in [-0.15, -0.1) is 0 Å². The third kappa shape index (κ3) is 6.23. The Labute approximate surface area is 189 Å².